The van der Waals surface area contributed by atoms with E-state index in [-0.39, 0.29) is 10.8 Å². The van der Waals surface area contributed by atoms with Crippen LogP contribution in [0.5, 0.6) is 0 Å². The summed E-state index contributed by atoms with van der Waals surface area (Å²) >= 11 is 8.18. The van der Waals surface area contributed by atoms with Crippen molar-refractivity contribution in [3.8, 4) is 0 Å². The third-order valence-electron chi connectivity index (χ3n) is 2.52. The molecule has 0 unspecified atom stereocenters. The molecule has 3 nitrogen and oxygen atoms in total. The van der Waals surface area contributed by atoms with Crippen molar-refractivity contribution in [2.75, 3.05) is 5.32 Å². The molecule has 2 aromatic carbocycles. The summed E-state index contributed by atoms with van der Waals surface area (Å²) in [5.74, 6) is -1.93. The molecule has 0 spiro atoms. The van der Waals surface area contributed by atoms with Crippen LogP contribution in [0.15, 0.2) is 46.9 Å². The average molecular weight is 371 g/mol. The van der Waals surface area contributed by atoms with Crippen molar-refractivity contribution in [2.45, 2.75) is 0 Å². The highest BCUT2D eigenvalue weighted by molar-refractivity contribution is 9.10. The fraction of sp³-hybridized carbons (Fsp3) is 0. The third-order valence-corrected chi connectivity index (χ3v) is 3.42. The summed E-state index contributed by atoms with van der Waals surface area (Å²) in [6.07, 6.45) is 0. The number of halogens is 3. The second-order valence-corrected chi connectivity index (χ2v) is 5.27. The normalized spacial score (nSPS) is 10.0. The molecule has 1 amide bonds. The fourth-order valence-corrected chi connectivity index (χ4v) is 2.23. The lowest BCUT2D eigenvalue weighted by Crippen LogP contribution is -2.34. The van der Waals surface area contributed by atoms with Crippen LogP contribution >= 0.6 is 28.1 Å². The number of carbonyl (C=O) groups is 1. The molecule has 0 aliphatic carbocycles. The van der Waals surface area contributed by atoms with Crippen LogP contribution in [0.3, 0.4) is 0 Å². The number of hydrogen-bond donors (Lipinski definition) is 2. The van der Waals surface area contributed by atoms with E-state index in [9.17, 15) is 13.6 Å². The molecule has 0 bridgehead atoms. The minimum absolute atomic E-state index is 0.0196. The molecule has 0 aliphatic heterocycles. The Hall–Kier alpha value is -1.86. The molecule has 108 valence electrons. The molecule has 7 heteroatoms. The van der Waals surface area contributed by atoms with Crippen LogP contribution in [0.1, 0.15) is 10.4 Å². The monoisotopic (exact) mass is 370 g/mol. The minimum atomic E-state index is -0.799. The third kappa shape index (κ3) is 4.05. The topological polar surface area (TPSA) is 41.1 Å². The number of nitrogens with one attached hydrogen (secondary N) is 2. The van der Waals surface area contributed by atoms with E-state index in [2.05, 4.69) is 26.6 Å². The van der Waals surface area contributed by atoms with E-state index >= 15 is 0 Å². The van der Waals surface area contributed by atoms with E-state index < -0.39 is 17.5 Å². The van der Waals surface area contributed by atoms with Crippen LogP contribution in [0, 0.1) is 11.6 Å². The van der Waals surface area contributed by atoms with Crippen LogP contribution < -0.4 is 10.6 Å². The molecule has 0 aliphatic rings. The van der Waals surface area contributed by atoms with Gasteiger partial charge in [0.1, 0.15) is 11.6 Å². The standard InChI is InChI=1S/C14H9BrF2N2OS/c15-10-4-2-1-3-9(10)13(20)19-14(21)18-12-6-5-8(16)7-11(12)17/h1-7H,(H2,18,19,20,21). The number of thiocarbonyl (C=S) groups is 1. The van der Waals surface area contributed by atoms with Gasteiger partial charge in [0.2, 0.25) is 0 Å². The van der Waals surface area contributed by atoms with Gasteiger partial charge in [-0.2, -0.15) is 0 Å². The zero-order chi connectivity index (χ0) is 15.4. The maximum atomic E-state index is 13.5. The number of amides is 1. The largest absolute Gasteiger partial charge is 0.330 e. The van der Waals surface area contributed by atoms with Crippen LogP contribution in [0.4, 0.5) is 14.5 Å². The van der Waals surface area contributed by atoms with Gasteiger partial charge in [0.15, 0.2) is 5.11 Å². The van der Waals surface area contributed by atoms with Crippen molar-refractivity contribution in [2.24, 2.45) is 0 Å². The molecule has 0 radical (unpaired) electrons. The molecule has 0 saturated heterocycles. The van der Waals surface area contributed by atoms with Crippen LogP contribution in [0.2, 0.25) is 0 Å². The van der Waals surface area contributed by atoms with E-state index in [1.165, 1.54) is 6.07 Å². The number of benzene rings is 2. The second kappa shape index (κ2) is 6.73. The van der Waals surface area contributed by atoms with Crippen LogP contribution in [-0.2, 0) is 0 Å². The van der Waals surface area contributed by atoms with Gasteiger partial charge in [-0.1, -0.05) is 12.1 Å². The molecule has 0 aromatic heterocycles. The highest BCUT2D eigenvalue weighted by atomic mass is 79.9. The number of hydrogen-bond acceptors (Lipinski definition) is 2. The molecular weight excluding hydrogens is 362 g/mol. The molecule has 0 heterocycles. The minimum Gasteiger partial charge on any atom is -0.330 e. The predicted molar refractivity (Wildman–Crippen MR) is 84.2 cm³/mol. The zero-order valence-electron chi connectivity index (χ0n) is 10.5. The van der Waals surface area contributed by atoms with Crippen molar-refractivity contribution in [3.05, 3.63) is 64.1 Å². The molecule has 0 atom stereocenters. The SMILES string of the molecule is O=C(NC(=S)Nc1ccc(F)cc1F)c1ccccc1Br. The molecule has 2 N–H and O–H groups in total. The molecular formula is C14H9BrF2N2OS. The number of carbonyl (C=O) groups excluding carboxylic acids is 1. The molecule has 21 heavy (non-hydrogen) atoms. The van der Waals surface area contributed by atoms with Gasteiger partial charge in [0.25, 0.3) is 5.91 Å². The Morgan fingerprint density at radius 1 is 1.14 bits per heavy atom. The van der Waals surface area contributed by atoms with Crippen molar-refractivity contribution >= 4 is 44.9 Å². The Bertz CT molecular complexity index is 709. The molecule has 0 saturated carbocycles. The Labute approximate surface area is 133 Å². The molecule has 2 aromatic rings. The van der Waals surface area contributed by atoms with Crippen molar-refractivity contribution in [1.82, 2.24) is 5.32 Å². The van der Waals surface area contributed by atoms with E-state index in [0.29, 0.717) is 10.0 Å². The Kier molecular flexibility index (Phi) is 4.98. The van der Waals surface area contributed by atoms with Crippen LogP contribution in [-0.4, -0.2) is 11.0 Å². The summed E-state index contributed by atoms with van der Waals surface area (Å²) in [6.45, 7) is 0. The van der Waals surface area contributed by atoms with Gasteiger partial charge in [-0.05, 0) is 52.4 Å². The highest BCUT2D eigenvalue weighted by Crippen LogP contribution is 2.16. The summed E-state index contributed by atoms with van der Waals surface area (Å²) in [5.41, 5.74) is 0.370. The van der Waals surface area contributed by atoms with Crippen molar-refractivity contribution < 1.29 is 13.6 Å². The summed E-state index contributed by atoms with van der Waals surface area (Å²) in [5, 5.41) is 4.84. The van der Waals surface area contributed by atoms with E-state index in [4.69, 9.17) is 12.2 Å². The smallest absolute Gasteiger partial charge is 0.258 e. The van der Waals surface area contributed by atoms with Gasteiger partial charge in [0, 0.05) is 10.5 Å². The predicted octanol–water partition coefficient (Wildman–Crippen LogP) is 3.85. The summed E-state index contributed by atoms with van der Waals surface area (Å²) < 4.78 is 26.8. The first-order valence-electron chi connectivity index (χ1n) is 5.79. The first-order valence-corrected chi connectivity index (χ1v) is 6.99. The number of anilines is 1. The quantitative estimate of drug-likeness (QED) is 0.788. The van der Waals surface area contributed by atoms with Gasteiger partial charge in [-0.3, -0.25) is 10.1 Å². The van der Waals surface area contributed by atoms with Gasteiger partial charge >= 0.3 is 0 Å². The lowest BCUT2D eigenvalue weighted by Gasteiger charge is -2.11. The van der Waals surface area contributed by atoms with Gasteiger partial charge in [-0.25, -0.2) is 8.78 Å². The summed E-state index contributed by atoms with van der Waals surface area (Å²) in [7, 11) is 0. The maximum absolute atomic E-state index is 13.5. The first-order chi connectivity index (χ1) is 9.97. The summed E-state index contributed by atoms with van der Waals surface area (Å²) in [4.78, 5) is 12.0. The van der Waals surface area contributed by atoms with E-state index in [1.54, 1.807) is 24.3 Å². The van der Waals surface area contributed by atoms with Crippen LogP contribution in [0.25, 0.3) is 0 Å². The average Bonchev–Trinajstić information content (AvgIpc) is 2.42. The highest BCUT2D eigenvalue weighted by Gasteiger charge is 2.12. The Morgan fingerprint density at radius 2 is 1.86 bits per heavy atom. The first kappa shape index (κ1) is 15.5. The Morgan fingerprint density at radius 3 is 2.52 bits per heavy atom. The summed E-state index contributed by atoms with van der Waals surface area (Å²) in [6, 6.07) is 9.80. The lowest BCUT2D eigenvalue weighted by molar-refractivity contribution is 0.0977. The maximum Gasteiger partial charge on any atom is 0.258 e. The van der Waals surface area contributed by atoms with Gasteiger partial charge < -0.3 is 5.32 Å². The molecule has 2 rings (SSSR count). The van der Waals surface area contributed by atoms with E-state index in [0.717, 1.165) is 12.1 Å². The second-order valence-electron chi connectivity index (χ2n) is 4.01. The van der Waals surface area contributed by atoms with Crippen molar-refractivity contribution in [1.29, 1.82) is 0 Å². The van der Waals surface area contributed by atoms with Gasteiger partial charge in [-0.15, -0.1) is 0 Å². The Balaban J connectivity index is 2.05. The van der Waals surface area contributed by atoms with Crippen molar-refractivity contribution in [3.63, 3.8) is 0 Å². The number of rotatable bonds is 2. The fourth-order valence-electron chi connectivity index (χ4n) is 1.56. The van der Waals surface area contributed by atoms with E-state index in [1.807, 2.05) is 0 Å². The zero-order valence-corrected chi connectivity index (χ0v) is 12.9. The molecule has 0 fully saturated rings. The van der Waals surface area contributed by atoms with Gasteiger partial charge in [0.05, 0.1) is 11.3 Å². The lowest BCUT2D eigenvalue weighted by atomic mass is 10.2.